The van der Waals surface area contributed by atoms with Gasteiger partial charge in [0.25, 0.3) is 15.9 Å². The van der Waals surface area contributed by atoms with Crippen LogP contribution < -0.4 is 14.4 Å². The predicted octanol–water partition coefficient (Wildman–Crippen LogP) is 3.99. The molecule has 0 aromatic heterocycles. The second-order valence-corrected chi connectivity index (χ2v) is 8.37. The Hall–Kier alpha value is -2.80. The Balaban J connectivity index is 2.45. The maximum absolute atomic E-state index is 13.4. The zero-order valence-electron chi connectivity index (χ0n) is 17.1. The van der Waals surface area contributed by atoms with E-state index in [4.69, 9.17) is 4.74 Å². The minimum Gasteiger partial charge on any atom is -0.495 e. The highest BCUT2D eigenvalue weighted by Crippen LogP contribution is 2.32. The molecule has 1 amide bonds. The number of anilines is 1. The number of nitrogens with zero attached hydrogens (tertiary/aromatic N) is 1. The number of sulfonamides is 1. The van der Waals surface area contributed by atoms with Gasteiger partial charge in [0.05, 0.1) is 24.2 Å². The first kappa shape index (κ1) is 22.5. The van der Waals surface area contributed by atoms with Crippen LogP contribution in [-0.4, -0.2) is 34.0 Å². The molecular formula is C22H28N2O4S. The molecule has 0 aliphatic carbocycles. The molecule has 2 rings (SSSR count). The molecule has 0 aliphatic rings. The fourth-order valence-electron chi connectivity index (χ4n) is 2.97. The average Bonchev–Trinajstić information content (AvgIpc) is 2.75. The molecule has 0 bridgehead atoms. The molecule has 29 heavy (non-hydrogen) atoms. The summed E-state index contributed by atoms with van der Waals surface area (Å²) in [5.41, 5.74) is 0.707. The van der Waals surface area contributed by atoms with Crippen LogP contribution in [0.25, 0.3) is 0 Å². The Morgan fingerprint density at radius 1 is 1.17 bits per heavy atom. The first-order chi connectivity index (χ1) is 13.9. The van der Waals surface area contributed by atoms with Gasteiger partial charge >= 0.3 is 0 Å². The van der Waals surface area contributed by atoms with Gasteiger partial charge in [-0.1, -0.05) is 38.1 Å². The highest BCUT2D eigenvalue weighted by molar-refractivity contribution is 7.92. The van der Waals surface area contributed by atoms with Crippen LogP contribution in [0.15, 0.2) is 66.1 Å². The number of rotatable bonds is 10. The molecule has 0 atom stereocenters. The third kappa shape index (κ3) is 5.17. The van der Waals surface area contributed by atoms with E-state index in [1.54, 1.807) is 36.4 Å². The highest BCUT2D eigenvalue weighted by Gasteiger charge is 2.27. The lowest BCUT2D eigenvalue weighted by Crippen LogP contribution is -2.34. The lowest BCUT2D eigenvalue weighted by atomic mass is 10.1. The van der Waals surface area contributed by atoms with Gasteiger partial charge in [-0.3, -0.25) is 9.10 Å². The zero-order chi connectivity index (χ0) is 21.4. The van der Waals surface area contributed by atoms with E-state index in [0.717, 1.165) is 12.8 Å². The van der Waals surface area contributed by atoms with Gasteiger partial charge in [0.2, 0.25) is 0 Å². The fraction of sp³-hybridized carbons (Fsp3) is 0.318. The summed E-state index contributed by atoms with van der Waals surface area (Å²) in [5.74, 6) is 0.142. The van der Waals surface area contributed by atoms with E-state index >= 15 is 0 Å². The predicted molar refractivity (Wildman–Crippen MR) is 116 cm³/mol. The Morgan fingerprint density at radius 3 is 2.48 bits per heavy atom. The molecule has 0 saturated heterocycles. The fourth-order valence-corrected chi connectivity index (χ4v) is 4.46. The quantitative estimate of drug-likeness (QED) is 0.594. The van der Waals surface area contributed by atoms with Gasteiger partial charge in [-0.25, -0.2) is 8.42 Å². The summed E-state index contributed by atoms with van der Waals surface area (Å²) in [7, 11) is -2.46. The lowest BCUT2D eigenvalue weighted by Gasteiger charge is -2.25. The number of hydrogen-bond donors (Lipinski definition) is 1. The Morgan fingerprint density at radius 2 is 1.86 bits per heavy atom. The van der Waals surface area contributed by atoms with E-state index in [1.165, 1.54) is 29.6 Å². The SMILES string of the molecule is C=CCN(c1ccccc1OC)S(=O)(=O)c1cccc(C(=O)NC(CC)CC)c1. The third-order valence-electron chi connectivity index (χ3n) is 4.65. The van der Waals surface area contributed by atoms with E-state index in [0.29, 0.717) is 17.0 Å². The smallest absolute Gasteiger partial charge is 0.264 e. The van der Waals surface area contributed by atoms with Crippen molar-refractivity contribution in [1.82, 2.24) is 5.32 Å². The number of ether oxygens (including phenoxy) is 1. The molecule has 2 aromatic rings. The van der Waals surface area contributed by atoms with Crippen molar-refractivity contribution in [3.05, 3.63) is 66.7 Å². The molecule has 2 aromatic carbocycles. The van der Waals surface area contributed by atoms with Gasteiger partial charge in [-0.15, -0.1) is 6.58 Å². The van der Waals surface area contributed by atoms with E-state index in [-0.39, 0.29) is 23.4 Å². The molecule has 0 radical (unpaired) electrons. The molecule has 7 heteroatoms. The number of nitrogens with one attached hydrogen (secondary N) is 1. The largest absolute Gasteiger partial charge is 0.495 e. The van der Waals surface area contributed by atoms with E-state index in [9.17, 15) is 13.2 Å². The third-order valence-corrected chi connectivity index (χ3v) is 6.43. The molecule has 0 spiro atoms. The van der Waals surface area contributed by atoms with Crippen LogP contribution in [0.4, 0.5) is 5.69 Å². The van der Waals surface area contributed by atoms with Crippen molar-refractivity contribution < 1.29 is 17.9 Å². The van der Waals surface area contributed by atoms with Crippen molar-refractivity contribution >= 4 is 21.6 Å². The molecule has 0 unspecified atom stereocenters. The molecule has 1 N–H and O–H groups in total. The summed E-state index contributed by atoms with van der Waals surface area (Å²) >= 11 is 0. The summed E-state index contributed by atoms with van der Waals surface area (Å²) in [5, 5.41) is 2.93. The Labute approximate surface area is 173 Å². The monoisotopic (exact) mass is 416 g/mol. The van der Waals surface area contributed by atoms with Crippen molar-refractivity contribution in [2.75, 3.05) is 18.0 Å². The van der Waals surface area contributed by atoms with Crippen LogP contribution in [-0.2, 0) is 10.0 Å². The molecule has 0 fully saturated rings. The van der Waals surface area contributed by atoms with Gasteiger partial charge in [0.1, 0.15) is 5.75 Å². The molecule has 0 saturated carbocycles. The summed E-state index contributed by atoms with van der Waals surface area (Å²) in [6.45, 7) is 7.73. The normalized spacial score (nSPS) is 11.2. The Kier molecular flexibility index (Phi) is 7.84. The molecule has 6 nitrogen and oxygen atoms in total. The maximum Gasteiger partial charge on any atom is 0.264 e. The number of hydrogen-bond acceptors (Lipinski definition) is 4. The molecule has 156 valence electrons. The number of benzene rings is 2. The number of para-hydroxylation sites is 2. The summed E-state index contributed by atoms with van der Waals surface area (Å²) < 4.78 is 33.3. The topological polar surface area (TPSA) is 75.7 Å². The minimum atomic E-state index is -3.94. The van der Waals surface area contributed by atoms with Crippen molar-refractivity contribution in [2.45, 2.75) is 37.6 Å². The van der Waals surface area contributed by atoms with Gasteiger partial charge < -0.3 is 10.1 Å². The van der Waals surface area contributed by atoms with E-state index in [2.05, 4.69) is 11.9 Å². The van der Waals surface area contributed by atoms with Crippen LogP contribution in [0.2, 0.25) is 0 Å². The van der Waals surface area contributed by atoms with Crippen LogP contribution in [0.3, 0.4) is 0 Å². The van der Waals surface area contributed by atoms with Crippen molar-refractivity contribution in [1.29, 1.82) is 0 Å². The molecule has 0 aliphatic heterocycles. The minimum absolute atomic E-state index is 0.0300. The number of methoxy groups -OCH3 is 1. The average molecular weight is 417 g/mol. The number of amides is 1. The lowest BCUT2D eigenvalue weighted by molar-refractivity contribution is 0.0934. The first-order valence-electron chi connectivity index (χ1n) is 9.56. The number of carbonyl (C=O) groups is 1. The highest BCUT2D eigenvalue weighted by atomic mass is 32.2. The molecular weight excluding hydrogens is 388 g/mol. The van der Waals surface area contributed by atoms with Crippen molar-refractivity contribution in [2.24, 2.45) is 0 Å². The standard InChI is InChI=1S/C22H28N2O4S/c1-5-15-24(20-13-8-9-14-21(20)28-4)29(26,27)19-12-10-11-17(16-19)22(25)23-18(6-2)7-3/h5,8-14,16,18H,1,6-7,15H2,2-4H3,(H,23,25). The maximum atomic E-state index is 13.4. The van der Waals surface area contributed by atoms with Crippen LogP contribution in [0.5, 0.6) is 5.75 Å². The Bertz CT molecular complexity index is 953. The summed E-state index contributed by atoms with van der Waals surface area (Å²) in [6, 6.07) is 13.0. The van der Waals surface area contributed by atoms with Gasteiger partial charge in [-0.05, 0) is 43.2 Å². The summed E-state index contributed by atoms with van der Waals surface area (Å²) in [6.07, 6.45) is 3.12. The van der Waals surface area contributed by atoms with Crippen molar-refractivity contribution in [3.8, 4) is 5.75 Å². The molecule has 0 heterocycles. The van der Waals surface area contributed by atoms with Crippen LogP contribution in [0, 0.1) is 0 Å². The summed E-state index contributed by atoms with van der Waals surface area (Å²) in [4.78, 5) is 12.6. The second kappa shape index (κ2) is 10.1. The van der Waals surface area contributed by atoms with Crippen LogP contribution in [0.1, 0.15) is 37.0 Å². The zero-order valence-corrected chi connectivity index (χ0v) is 17.9. The first-order valence-corrected chi connectivity index (χ1v) is 11.0. The van der Waals surface area contributed by atoms with Crippen molar-refractivity contribution in [3.63, 3.8) is 0 Å². The van der Waals surface area contributed by atoms with E-state index in [1.807, 2.05) is 13.8 Å². The van der Waals surface area contributed by atoms with Crippen LogP contribution >= 0.6 is 0 Å². The van der Waals surface area contributed by atoms with E-state index < -0.39 is 10.0 Å². The number of carbonyl (C=O) groups excluding carboxylic acids is 1. The van der Waals surface area contributed by atoms with Gasteiger partial charge in [0.15, 0.2) is 0 Å². The van der Waals surface area contributed by atoms with Gasteiger partial charge in [-0.2, -0.15) is 0 Å². The second-order valence-electron chi connectivity index (χ2n) is 6.51. The van der Waals surface area contributed by atoms with Gasteiger partial charge in [0, 0.05) is 11.6 Å².